The molecule has 0 aromatic heterocycles. The summed E-state index contributed by atoms with van der Waals surface area (Å²) < 4.78 is 32.6. The van der Waals surface area contributed by atoms with Crippen LogP contribution in [-0.2, 0) is 32.7 Å². The van der Waals surface area contributed by atoms with E-state index in [4.69, 9.17) is 24.3 Å². The van der Waals surface area contributed by atoms with Gasteiger partial charge < -0.3 is 25.2 Å². The van der Waals surface area contributed by atoms with Gasteiger partial charge in [0.1, 0.15) is 6.61 Å². The molecule has 4 N–H and O–H groups in total. The minimum absolute atomic E-state index is 0.0338. The monoisotopic (exact) mass is 780 g/mol. The Bertz CT molecular complexity index is 1130. The van der Waals surface area contributed by atoms with Crippen molar-refractivity contribution in [3.63, 3.8) is 0 Å². The second-order valence-corrected chi connectivity index (χ2v) is 14.8. The highest BCUT2D eigenvalue weighted by atomic mass is 31.2. The number of aliphatic hydroxyl groups is 1. The van der Waals surface area contributed by atoms with Crippen molar-refractivity contribution in [2.75, 3.05) is 26.4 Å². The van der Waals surface area contributed by atoms with Gasteiger partial charge in [0.15, 0.2) is 6.10 Å². The molecular weight excluding hydrogens is 705 g/mol. The smallest absolute Gasteiger partial charge is 0.462 e. The van der Waals surface area contributed by atoms with Gasteiger partial charge in [-0.1, -0.05) is 138 Å². The second kappa shape index (κ2) is 38.7. The number of nitrogens with two attached hydrogens (primary N) is 1. The number of allylic oxidation sites excluding steroid dienone is 11. The number of ether oxygens (including phenoxy) is 2. The molecule has 0 aliphatic rings. The lowest BCUT2D eigenvalue weighted by Crippen LogP contribution is -2.29. The van der Waals surface area contributed by atoms with E-state index >= 15 is 0 Å². The summed E-state index contributed by atoms with van der Waals surface area (Å²) in [6, 6.07) is 0. The first-order chi connectivity index (χ1) is 26.2. The minimum Gasteiger partial charge on any atom is -0.462 e. The van der Waals surface area contributed by atoms with E-state index in [-0.39, 0.29) is 38.7 Å². The highest BCUT2D eigenvalue weighted by molar-refractivity contribution is 7.47. The zero-order chi connectivity index (χ0) is 39.8. The van der Waals surface area contributed by atoms with Crippen LogP contribution >= 0.6 is 7.82 Å². The Morgan fingerprint density at radius 2 is 1.19 bits per heavy atom. The lowest BCUT2D eigenvalue weighted by Gasteiger charge is -2.19. The first kappa shape index (κ1) is 51.4. The van der Waals surface area contributed by atoms with Gasteiger partial charge in [0, 0.05) is 19.4 Å². The van der Waals surface area contributed by atoms with Crippen molar-refractivity contribution in [3.8, 4) is 0 Å². The fourth-order valence-electron chi connectivity index (χ4n) is 5.03. The Morgan fingerprint density at radius 1 is 0.648 bits per heavy atom. The number of aliphatic hydroxyl groups excluding tert-OH is 1. The third-order valence-corrected chi connectivity index (χ3v) is 9.22. The second-order valence-electron chi connectivity index (χ2n) is 13.3. The molecule has 0 amide bonds. The third-order valence-electron chi connectivity index (χ3n) is 8.23. The maximum atomic E-state index is 12.5. The number of esters is 2. The lowest BCUT2D eigenvalue weighted by atomic mass is 10.1. The molecule has 11 heteroatoms. The van der Waals surface area contributed by atoms with Crippen LogP contribution in [0, 0.1) is 0 Å². The van der Waals surface area contributed by atoms with Gasteiger partial charge in [-0.3, -0.25) is 18.6 Å². The molecular formula is C43H74NO9P. The van der Waals surface area contributed by atoms with Gasteiger partial charge in [0.05, 0.1) is 19.3 Å². The van der Waals surface area contributed by atoms with E-state index in [0.717, 1.165) is 51.4 Å². The molecule has 0 fully saturated rings. The molecule has 0 radical (unpaired) electrons. The van der Waals surface area contributed by atoms with Crippen molar-refractivity contribution in [1.82, 2.24) is 0 Å². The quantitative estimate of drug-likeness (QED) is 0.0182. The third kappa shape index (κ3) is 37.7. The fourth-order valence-corrected chi connectivity index (χ4v) is 5.79. The van der Waals surface area contributed by atoms with Gasteiger partial charge in [-0.05, 0) is 70.6 Å². The van der Waals surface area contributed by atoms with Crippen LogP contribution in [0.3, 0.4) is 0 Å². The Kier molecular flexibility index (Phi) is 36.8. The van der Waals surface area contributed by atoms with Crippen LogP contribution in [0.4, 0.5) is 0 Å². The van der Waals surface area contributed by atoms with Gasteiger partial charge >= 0.3 is 19.8 Å². The first-order valence-corrected chi connectivity index (χ1v) is 22.0. The first-order valence-electron chi connectivity index (χ1n) is 20.5. The van der Waals surface area contributed by atoms with E-state index in [2.05, 4.69) is 43.4 Å². The lowest BCUT2D eigenvalue weighted by molar-refractivity contribution is -0.161. The number of carbonyl (C=O) groups is 2. The topological polar surface area (TPSA) is 155 Å². The van der Waals surface area contributed by atoms with Gasteiger partial charge in [0.25, 0.3) is 0 Å². The molecule has 310 valence electrons. The van der Waals surface area contributed by atoms with Crippen LogP contribution in [-0.4, -0.2) is 60.5 Å². The zero-order valence-corrected chi connectivity index (χ0v) is 34.4. The normalized spacial score (nSPS) is 14.7. The molecule has 10 nitrogen and oxygen atoms in total. The van der Waals surface area contributed by atoms with E-state index in [0.29, 0.717) is 25.7 Å². The van der Waals surface area contributed by atoms with Gasteiger partial charge in [-0.15, -0.1) is 0 Å². The molecule has 0 spiro atoms. The van der Waals surface area contributed by atoms with Crippen molar-refractivity contribution in [3.05, 3.63) is 72.9 Å². The van der Waals surface area contributed by atoms with Crippen LogP contribution < -0.4 is 5.73 Å². The molecule has 0 bridgehead atoms. The molecule has 54 heavy (non-hydrogen) atoms. The number of unbranched alkanes of at least 4 members (excludes halogenated alkanes) is 12. The Labute approximate surface area is 327 Å². The number of phosphoric acid groups is 1. The molecule has 0 aromatic carbocycles. The van der Waals surface area contributed by atoms with Crippen LogP contribution in [0.2, 0.25) is 0 Å². The Morgan fingerprint density at radius 3 is 1.81 bits per heavy atom. The summed E-state index contributed by atoms with van der Waals surface area (Å²) in [4.78, 5) is 34.8. The summed E-state index contributed by atoms with van der Waals surface area (Å²) >= 11 is 0. The van der Waals surface area contributed by atoms with Gasteiger partial charge in [-0.2, -0.15) is 0 Å². The van der Waals surface area contributed by atoms with E-state index in [1.165, 1.54) is 44.9 Å². The molecule has 0 rings (SSSR count). The van der Waals surface area contributed by atoms with Crippen LogP contribution in [0.1, 0.15) is 149 Å². The highest BCUT2D eigenvalue weighted by Gasteiger charge is 2.25. The predicted molar refractivity (Wildman–Crippen MR) is 221 cm³/mol. The van der Waals surface area contributed by atoms with Crippen molar-refractivity contribution in [1.29, 1.82) is 0 Å². The predicted octanol–water partition coefficient (Wildman–Crippen LogP) is 10.5. The van der Waals surface area contributed by atoms with Crippen LogP contribution in [0.15, 0.2) is 72.9 Å². The molecule has 1 unspecified atom stereocenters. The summed E-state index contributed by atoms with van der Waals surface area (Å²) in [6.45, 7) is 3.29. The zero-order valence-electron chi connectivity index (χ0n) is 33.5. The van der Waals surface area contributed by atoms with Crippen molar-refractivity contribution in [2.24, 2.45) is 5.73 Å². The van der Waals surface area contributed by atoms with E-state index in [9.17, 15) is 24.2 Å². The van der Waals surface area contributed by atoms with Crippen molar-refractivity contribution in [2.45, 2.75) is 161 Å². The maximum Gasteiger partial charge on any atom is 0.472 e. The average molecular weight is 780 g/mol. The Hall–Kier alpha value is -2.59. The van der Waals surface area contributed by atoms with Crippen molar-refractivity contribution < 1.29 is 42.7 Å². The molecule has 0 saturated heterocycles. The molecule has 0 aromatic rings. The molecule has 3 atom stereocenters. The summed E-state index contributed by atoms with van der Waals surface area (Å²) in [5, 5.41) is 9.46. The van der Waals surface area contributed by atoms with Gasteiger partial charge in [0.2, 0.25) is 0 Å². The number of hydrogen-bond acceptors (Lipinski definition) is 9. The number of carbonyl (C=O) groups excluding carboxylic acids is 2. The van der Waals surface area contributed by atoms with E-state index in [1.54, 1.807) is 6.08 Å². The molecule has 0 saturated carbocycles. The highest BCUT2D eigenvalue weighted by Crippen LogP contribution is 2.43. The van der Waals surface area contributed by atoms with Crippen LogP contribution in [0.5, 0.6) is 0 Å². The van der Waals surface area contributed by atoms with Gasteiger partial charge in [-0.25, -0.2) is 4.57 Å². The Balaban J connectivity index is 4.34. The molecule has 0 aliphatic heterocycles. The minimum atomic E-state index is -4.40. The fraction of sp³-hybridized carbons (Fsp3) is 0.674. The van der Waals surface area contributed by atoms with E-state index in [1.807, 2.05) is 37.3 Å². The number of rotatable bonds is 37. The standard InChI is InChI=1S/C43H74NO9P/c1-3-5-6-7-8-9-10-11-12-16-19-22-25-28-31-34-42(46)50-38-41(39-52-54(48,49)51-37-36-44)53-43(47)35-32-29-26-23-20-17-14-13-15-18-21-24-27-30-33-40(45)4-2/h11-12,14-15,17-18,23-24,26-27,30,33,40-41,45H,3-10,13,16,19-22,25,28-29,31-32,34-39,44H2,1-2H3,(H,48,49)/b12-11-,17-14-,18-15-,26-23-,27-24-,33-30+/t40-,41-/m1/s1. The summed E-state index contributed by atoms with van der Waals surface area (Å²) in [5.74, 6) is -0.933. The molecule has 0 heterocycles. The summed E-state index contributed by atoms with van der Waals surface area (Å²) in [5.41, 5.74) is 5.33. The summed E-state index contributed by atoms with van der Waals surface area (Å²) in [7, 11) is -4.40. The number of phosphoric ester groups is 1. The van der Waals surface area contributed by atoms with Crippen molar-refractivity contribution >= 4 is 19.8 Å². The average Bonchev–Trinajstić information content (AvgIpc) is 3.16. The largest absolute Gasteiger partial charge is 0.472 e. The molecule has 0 aliphatic carbocycles. The van der Waals surface area contributed by atoms with E-state index < -0.39 is 32.5 Å². The summed E-state index contributed by atoms with van der Waals surface area (Å²) in [6.07, 6.45) is 43.2. The SMILES string of the molecule is CCCCCCCC/C=C\CCCCCCCC(=O)OC[C@H](COP(=O)(O)OCCN)OC(=O)CCC/C=C\C/C=C\C/C=C\C/C=C\C=C\[C@H](O)CC. The van der Waals surface area contributed by atoms with Crippen LogP contribution in [0.25, 0.3) is 0 Å². The number of hydrogen-bond donors (Lipinski definition) is 3. The maximum absolute atomic E-state index is 12.5.